The minimum Gasteiger partial charge on any atom is -0.493 e. The van der Waals surface area contributed by atoms with E-state index in [1.165, 1.54) is 5.56 Å². The van der Waals surface area contributed by atoms with Crippen molar-refractivity contribution in [1.29, 1.82) is 0 Å². The highest BCUT2D eigenvalue weighted by molar-refractivity contribution is 5.85. The van der Waals surface area contributed by atoms with Crippen LogP contribution in [0.15, 0.2) is 40.1 Å². The summed E-state index contributed by atoms with van der Waals surface area (Å²) < 4.78 is 14.7. The van der Waals surface area contributed by atoms with Crippen LogP contribution in [0.2, 0.25) is 0 Å². The second kappa shape index (κ2) is 9.48. The molecule has 0 bridgehead atoms. The maximum Gasteiger partial charge on any atom is 0.330 e. The Hall–Kier alpha value is -2.99. The second-order valence-corrected chi connectivity index (χ2v) is 8.76. The molecule has 0 saturated heterocycles. The quantitative estimate of drug-likeness (QED) is 0.537. The van der Waals surface area contributed by atoms with Crippen LogP contribution in [-0.2, 0) is 13.0 Å². The van der Waals surface area contributed by atoms with Gasteiger partial charge in [0, 0.05) is 24.2 Å². The Morgan fingerprint density at radius 1 is 0.939 bits per heavy atom. The summed E-state index contributed by atoms with van der Waals surface area (Å²) in [6.07, 6.45) is 0.757. The smallest absolute Gasteiger partial charge is 0.330 e. The van der Waals surface area contributed by atoms with Crippen molar-refractivity contribution in [3.05, 3.63) is 68.6 Å². The van der Waals surface area contributed by atoms with E-state index in [9.17, 15) is 4.79 Å². The Morgan fingerprint density at radius 2 is 1.55 bits per heavy atom. The molecule has 0 N–H and O–H groups in total. The standard InChI is InChI=1S/C26H31N3O3.ClH/c1-15(2)29-24(27-25-17(4)10-16(3)11-18(25)5)14-21-20-13-23(32-7)22(31-6)12-19(20)8-9-28(21)26(29)30;/h10-15H,8-9H2,1-7H3;1H. The molecule has 1 aliphatic rings. The summed E-state index contributed by atoms with van der Waals surface area (Å²) in [7, 11) is 3.27. The molecule has 33 heavy (non-hydrogen) atoms. The van der Waals surface area contributed by atoms with Crippen molar-refractivity contribution in [2.24, 2.45) is 4.99 Å². The predicted molar refractivity (Wildman–Crippen MR) is 134 cm³/mol. The number of nitrogens with zero attached hydrogens (tertiary/aromatic N) is 3. The number of methoxy groups -OCH3 is 2. The van der Waals surface area contributed by atoms with Gasteiger partial charge >= 0.3 is 5.69 Å². The third kappa shape index (κ3) is 4.32. The molecule has 0 aliphatic carbocycles. The number of halogens is 1. The highest BCUT2D eigenvalue weighted by Gasteiger charge is 2.23. The van der Waals surface area contributed by atoms with Gasteiger partial charge in [-0.15, -0.1) is 12.4 Å². The number of hydrogen-bond donors (Lipinski definition) is 0. The molecular weight excluding hydrogens is 438 g/mol. The van der Waals surface area contributed by atoms with Gasteiger partial charge in [-0.25, -0.2) is 9.79 Å². The van der Waals surface area contributed by atoms with Crippen molar-refractivity contribution >= 4 is 18.1 Å². The minimum atomic E-state index is -0.0425. The van der Waals surface area contributed by atoms with Crippen LogP contribution in [0.1, 0.15) is 42.1 Å². The first-order valence-corrected chi connectivity index (χ1v) is 11.0. The van der Waals surface area contributed by atoms with Crippen molar-refractivity contribution in [3.8, 4) is 22.8 Å². The largest absolute Gasteiger partial charge is 0.493 e. The number of aryl methyl sites for hydroxylation is 4. The van der Waals surface area contributed by atoms with Crippen molar-refractivity contribution in [3.63, 3.8) is 0 Å². The Balaban J connectivity index is 0.00000306. The van der Waals surface area contributed by atoms with Crippen molar-refractivity contribution in [2.75, 3.05) is 14.2 Å². The molecule has 176 valence electrons. The van der Waals surface area contributed by atoms with Crippen LogP contribution in [0, 0.1) is 20.8 Å². The monoisotopic (exact) mass is 469 g/mol. The first-order chi connectivity index (χ1) is 15.2. The molecule has 2 aromatic carbocycles. The molecule has 6 nitrogen and oxygen atoms in total. The zero-order valence-corrected chi connectivity index (χ0v) is 21.2. The van der Waals surface area contributed by atoms with Gasteiger partial charge in [0.05, 0.1) is 25.6 Å². The fourth-order valence-electron chi connectivity index (χ4n) is 4.67. The number of fused-ring (bicyclic) bond motifs is 3. The van der Waals surface area contributed by atoms with Crippen LogP contribution in [0.4, 0.5) is 5.69 Å². The van der Waals surface area contributed by atoms with Gasteiger partial charge in [-0.1, -0.05) is 17.7 Å². The van der Waals surface area contributed by atoms with Gasteiger partial charge < -0.3 is 9.47 Å². The van der Waals surface area contributed by atoms with Crippen LogP contribution in [-0.4, -0.2) is 23.4 Å². The van der Waals surface area contributed by atoms with E-state index in [0.717, 1.165) is 40.1 Å². The number of benzene rings is 2. The summed E-state index contributed by atoms with van der Waals surface area (Å²) in [6, 6.07) is 10.2. The lowest BCUT2D eigenvalue weighted by molar-refractivity contribution is 0.354. The van der Waals surface area contributed by atoms with Gasteiger partial charge in [-0.05, 0) is 69.9 Å². The number of aromatic nitrogens is 2. The molecule has 0 unspecified atom stereocenters. The molecule has 3 aromatic rings. The molecule has 0 saturated carbocycles. The molecule has 1 aromatic heterocycles. The van der Waals surface area contributed by atoms with Crippen molar-refractivity contribution < 1.29 is 9.47 Å². The van der Waals surface area contributed by atoms with Crippen LogP contribution >= 0.6 is 12.4 Å². The van der Waals surface area contributed by atoms with E-state index in [4.69, 9.17) is 14.5 Å². The molecule has 4 rings (SSSR count). The van der Waals surface area contributed by atoms with Gasteiger partial charge in [0.1, 0.15) is 5.49 Å². The van der Waals surface area contributed by atoms with Gasteiger partial charge in [-0.3, -0.25) is 9.13 Å². The fourth-order valence-corrected chi connectivity index (χ4v) is 4.67. The topological polar surface area (TPSA) is 57.8 Å². The Morgan fingerprint density at radius 3 is 2.12 bits per heavy atom. The van der Waals surface area contributed by atoms with Crippen LogP contribution in [0.3, 0.4) is 0 Å². The molecule has 0 fully saturated rings. The summed E-state index contributed by atoms with van der Waals surface area (Å²) in [5, 5.41) is 0. The highest BCUT2D eigenvalue weighted by atomic mass is 35.5. The van der Waals surface area contributed by atoms with Crippen molar-refractivity contribution in [2.45, 2.75) is 53.6 Å². The normalized spacial score (nSPS) is 12.8. The predicted octanol–water partition coefficient (Wildman–Crippen LogP) is 5.05. The summed E-state index contributed by atoms with van der Waals surface area (Å²) >= 11 is 0. The lowest BCUT2D eigenvalue weighted by Crippen LogP contribution is -2.43. The van der Waals surface area contributed by atoms with E-state index in [1.54, 1.807) is 18.8 Å². The molecule has 0 atom stereocenters. The average molecular weight is 470 g/mol. The molecule has 7 heteroatoms. The van der Waals surface area contributed by atoms with E-state index >= 15 is 0 Å². The molecule has 1 aliphatic heterocycles. The van der Waals surface area contributed by atoms with E-state index in [1.807, 2.05) is 36.6 Å². The Kier molecular flexibility index (Phi) is 7.08. The molecule has 0 amide bonds. The lowest BCUT2D eigenvalue weighted by Gasteiger charge is -2.25. The van der Waals surface area contributed by atoms with Crippen LogP contribution in [0.25, 0.3) is 11.3 Å². The van der Waals surface area contributed by atoms with E-state index in [2.05, 4.69) is 32.9 Å². The molecule has 2 heterocycles. The zero-order chi connectivity index (χ0) is 23.2. The van der Waals surface area contributed by atoms with E-state index in [-0.39, 0.29) is 24.1 Å². The van der Waals surface area contributed by atoms with Crippen LogP contribution in [0.5, 0.6) is 11.5 Å². The number of hydrogen-bond acceptors (Lipinski definition) is 4. The van der Waals surface area contributed by atoms with E-state index in [0.29, 0.717) is 23.5 Å². The minimum absolute atomic E-state index is 0. The van der Waals surface area contributed by atoms with Crippen LogP contribution < -0.4 is 20.7 Å². The van der Waals surface area contributed by atoms with E-state index < -0.39 is 0 Å². The van der Waals surface area contributed by atoms with Gasteiger partial charge in [-0.2, -0.15) is 0 Å². The average Bonchev–Trinajstić information content (AvgIpc) is 2.74. The maximum atomic E-state index is 13.6. The molecule has 0 spiro atoms. The maximum absolute atomic E-state index is 13.6. The summed E-state index contributed by atoms with van der Waals surface area (Å²) in [6.45, 7) is 10.9. The first kappa shape index (κ1) is 24.6. The first-order valence-electron chi connectivity index (χ1n) is 11.0. The third-order valence-corrected chi connectivity index (χ3v) is 6.11. The summed E-state index contributed by atoms with van der Waals surface area (Å²) in [4.78, 5) is 18.6. The number of ether oxygens (including phenoxy) is 2. The summed E-state index contributed by atoms with van der Waals surface area (Å²) in [5.41, 5.74) is 7.91. The zero-order valence-electron chi connectivity index (χ0n) is 20.4. The highest BCUT2D eigenvalue weighted by Crippen LogP contribution is 2.37. The Labute approximate surface area is 200 Å². The van der Waals surface area contributed by atoms with Gasteiger partial charge in [0.15, 0.2) is 11.5 Å². The SMILES string of the molecule is COc1cc2c(cc1OC)-c1cc(=Nc3c(C)cc(C)cc3C)n(C(C)C)c(=O)n1CC2.Cl. The lowest BCUT2D eigenvalue weighted by atomic mass is 9.97. The fraction of sp³-hybridized carbons (Fsp3) is 0.385. The summed E-state index contributed by atoms with van der Waals surface area (Å²) in [5.74, 6) is 1.35. The van der Waals surface area contributed by atoms with Crippen molar-refractivity contribution in [1.82, 2.24) is 9.13 Å². The Bertz CT molecular complexity index is 1310. The molecular formula is C26H32ClN3O3. The number of rotatable bonds is 4. The van der Waals surface area contributed by atoms with Gasteiger partial charge in [0.25, 0.3) is 0 Å². The molecule has 0 radical (unpaired) electrons. The van der Waals surface area contributed by atoms with Gasteiger partial charge in [0.2, 0.25) is 0 Å². The second-order valence-electron chi connectivity index (χ2n) is 8.76. The third-order valence-electron chi connectivity index (χ3n) is 6.11.